The second kappa shape index (κ2) is 12.3. The van der Waals surface area contributed by atoms with Crippen LogP contribution in [0, 0.1) is 12.3 Å². The maximum absolute atomic E-state index is 12.0. The zero-order chi connectivity index (χ0) is 20.6. The van der Waals surface area contributed by atoms with E-state index in [0.29, 0.717) is 17.3 Å². The molecule has 0 bridgehead atoms. The number of hydrogen-bond acceptors (Lipinski definition) is 4. The van der Waals surface area contributed by atoms with Gasteiger partial charge in [0.25, 0.3) is 0 Å². The molecule has 0 saturated heterocycles. The fraction of sp³-hybridized carbons (Fsp3) is 0.333. The minimum absolute atomic E-state index is 0.0434. The van der Waals surface area contributed by atoms with Crippen molar-refractivity contribution in [2.24, 2.45) is 0 Å². The molecule has 132 valence electrons. The standard InChI is InChI=1S/C15H14Cl2N2O3.2P.3Zn/c1-5-6-21-12-8-11(9(16)7-10(12)17)19-14(20)22-13(18-19)15(2,3)4;;;;;/h1,7-8H,6H2,2-4H3;;;;;. The van der Waals surface area contributed by atoms with Crippen molar-refractivity contribution in [3.8, 4) is 23.8 Å². The molecule has 0 spiro atoms. The van der Waals surface area contributed by atoms with Crippen LogP contribution in [0.15, 0.2) is 21.3 Å². The van der Waals surface area contributed by atoms with Crippen molar-refractivity contribution in [1.82, 2.24) is 9.78 Å². The minimum atomic E-state index is -0.642. The molecule has 12 heteroatoms. The molecule has 1 aromatic carbocycles. The monoisotopic (exact) mass is 594 g/mol. The normalized spacial score (nSPS) is 10.8. The third-order valence-electron chi connectivity index (χ3n) is 2.93. The van der Waals surface area contributed by atoms with E-state index >= 15 is 0 Å². The van der Waals surface area contributed by atoms with Gasteiger partial charge in [0.2, 0.25) is 5.89 Å². The Morgan fingerprint density at radius 3 is 2.41 bits per heavy atom. The van der Waals surface area contributed by atoms with Crippen LogP contribution in [-0.2, 0) is 56.2 Å². The average molecular weight is 599 g/mol. The van der Waals surface area contributed by atoms with Gasteiger partial charge in [-0.2, -0.15) is 4.68 Å². The van der Waals surface area contributed by atoms with Crippen LogP contribution in [0.1, 0.15) is 26.7 Å². The summed E-state index contributed by atoms with van der Waals surface area (Å²) in [5.74, 6) is 2.31. The molecule has 0 aliphatic heterocycles. The summed E-state index contributed by atoms with van der Waals surface area (Å²) >= 11 is 15.4. The second-order valence-corrected chi connectivity index (χ2v) is 49.2. The summed E-state index contributed by atoms with van der Waals surface area (Å²) in [6.07, 6.45) is 5.15. The zero-order valence-electron chi connectivity index (χ0n) is 15.3. The summed E-state index contributed by atoms with van der Waals surface area (Å²) in [7, 11) is 0. The molecule has 0 aliphatic rings. The van der Waals surface area contributed by atoms with Gasteiger partial charge in [-0.1, -0.05) is 49.9 Å². The van der Waals surface area contributed by atoms with Gasteiger partial charge in [-0.15, -0.1) is 11.5 Å². The number of terminal acetylenes is 1. The molecule has 0 aliphatic carbocycles. The molecule has 5 nitrogen and oxygen atoms in total. The van der Waals surface area contributed by atoms with Crippen molar-refractivity contribution in [2.45, 2.75) is 26.2 Å². The van der Waals surface area contributed by atoms with E-state index in [-0.39, 0.29) is 32.8 Å². The van der Waals surface area contributed by atoms with E-state index < -0.39 is 11.2 Å². The number of benzene rings is 1. The molecule has 0 fully saturated rings. The first-order valence-corrected chi connectivity index (χ1v) is 26.9. The molecule has 0 unspecified atom stereocenters. The second-order valence-electron chi connectivity index (χ2n) is 6.15. The van der Waals surface area contributed by atoms with Gasteiger partial charge in [0.15, 0.2) is 0 Å². The van der Waals surface area contributed by atoms with Crippen LogP contribution in [-0.4, -0.2) is 16.4 Å². The summed E-state index contributed by atoms with van der Waals surface area (Å²) < 4.78 is 11.6. The molecule has 2 aromatic rings. The fourth-order valence-corrected chi connectivity index (χ4v) is 91.4. The maximum atomic E-state index is 12.0. The molecule has 0 radical (unpaired) electrons. The van der Waals surface area contributed by atoms with Crippen LogP contribution in [0.2, 0.25) is 10.0 Å². The Morgan fingerprint density at radius 2 is 1.96 bits per heavy atom. The SMILES string of the molecule is C#CCOc1cc(-n2nc(C(C)(C)C)oc2=O)c(Cl)cc1Cl.[Zn]=[P][Zn][P]=[Zn]. The van der Waals surface area contributed by atoms with E-state index in [1.807, 2.05) is 30.4 Å². The molecule has 0 N–H and O–H groups in total. The Kier molecular flexibility index (Phi) is 11.7. The molecule has 1 heterocycles. The van der Waals surface area contributed by atoms with Gasteiger partial charge in [-0.05, 0) is 6.07 Å². The van der Waals surface area contributed by atoms with Gasteiger partial charge in [0.05, 0.1) is 15.7 Å². The predicted molar refractivity (Wildman–Crippen MR) is 99.0 cm³/mol. The molecular weight excluding hydrogens is 585 g/mol. The zero-order valence-corrected chi connectivity index (χ0v) is 27.5. The number of ether oxygens (including phenoxy) is 1. The number of nitrogens with zero attached hydrogens (tertiary/aromatic N) is 2. The first-order chi connectivity index (χ1) is 12.6. The molecular formula is C15H14Cl2N2O3P2Zn3. The Morgan fingerprint density at radius 1 is 1.33 bits per heavy atom. The number of halogens is 2. The van der Waals surface area contributed by atoms with Crippen LogP contribution >= 0.6 is 32.8 Å². The summed E-state index contributed by atoms with van der Waals surface area (Å²) in [6, 6.07) is 2.96. The van der Waals surface area contributed by atoms with E-state index in [1.165, 1.54) is 12.1 Å². The molecule has 0 amide bonds. The fourth-order valence-electron chi connectivity index (χ4n) is 1.71. The average Bonchev–Trinajstić information content (AvgIpc) is 2.97. The molecule has 1 aromatic heterocycles. The Bertz CT molecular complexity index is 914. The van der Waals surface area contributed by atoms with Crippen LogP contribution in [0.5, 0.6) is 5.75 Å². The number of rotatable bonds is 5. The third-order valence-corrected chi connectivity index (χ3v) is 51.9. The third kappa shape index (κ3) is 8.07. The summed E-state index contributed by atoms with van der Waals surface area (Å²) in [6.45, 7) is 5.69. The van der Waals surface area contributed by atoms with E-state index in [9.17, 15) is 4.79 Å². The van der Waals surface area contributed by atoms with Crippen LogP contribution in [0.3, 0.4) is 0 Å². The summed E-state index contributed by atoms with van der Waals surface area (Å²) in [5.41, 5.74) is -0.103. The Balaban J connectivity index is 0.000000646. The van der Waals surface area contributed by atoms with Crippen LogP contribution in [0.25, 0.3) is 5.69 Å². The molecule has 27 heavy (non-hydrogen) atoms. The van der Waals surface area contributed by atoms with Crippen molar-refractivity contribution >= 4 is 32.8 Å². The van der Waals surface area contributed by atoms with E-state index in [0.717, 1.165) is 4.68 Å². The van der Waals surface area contributed by atoms with Gasteiger partial charge in [-0.3, -0.25) is 0 Å². The van der Waals surface area contributed by atoms with Crippen molar-refractivity contribution < 1.29 is 60.0 Å². The Labute approximate surface area is 196 Å². The van der Waals surface area contributed by atoms with Gasteiger partial charge >= 0.3 is 66.2 Å². The molecule has 0 saturated carbocycles. The van der Waals surface area contributed by atoms with Crippen LogP contribution in [0.4, 0.5) is 0 Å². The van der Waals surface area contributed by atoms with E-state index in [4.69, 9.17) is 38.8 Å². The molecule has 0 atom stereocenters. The summed E-state index contributed by atoms with van der Waals surface area (Å²) in [5, 5.41) is 4.71. The van der Waals surface area contributed by atoms with Crippen molar-refractivity contribution in [1.29, 1.82) is 0 Å². The van der Waals surface area contributed by atoms with Gasteiger partial charge in [-0.25, -0.2) is 4.79 Å². The van der Waals surface area contributed by atoms with E-state index in [2.05, 4.69) is 11.0 Å². The van der Waals surface area contributed by atoms with Gasteiger partial charge in [0.1, 0.15) is 12.4 Å². The Hall–Kier alpha value is 0.570. The van der Waals surface area contributed by atoms with Crippen molar-refractivity contribution in [3.05, 3.63) is 38.6 Å². The quantitative estimate of drug-likeness (QED) is 0.271. The van der Waals surface area contributed by atoms with E-state index in [1.54, 1.807) is 34.7 Å². The van der Waals surface area contributed by atoms with Gasteiger partial charge in [0, 0.05) is 11.5 Å². The topological polar surface area (TPSA) is 57.3 Å². The first-order valence-electron chi connectivity index (χ1n) is 7.67. The first kappa shape index (κ1) is 25.6. The number of aromatic nitrogens is 2. The van der Waals surface area contributed by atoms with Gasteiger partial charge < -0.3 is 9.15 Å². The predicted octanol–water partition coefficient (Wildman–Crippen LogP) is 5.16. The van der Waals surface area contributed by atoms with Crippen molar-refractivity contribution in [3.63, 3.8) is 0 Å². The van der Waals surface area contributed by atoms with Crippen LogP contribution < -0.4 is 10.5 Å². The molecule has 2 rings (SSSR count). The number of hydrogen-bond donors (Lipinski definition) is 0. The van der Waals surface area contributed by atoms with Crippen molar-refractivity contribution in [2.75, 3.05) is 6.61 Å². The summed E-state index contributed by atoms with van der Waals surface area (Å²) in [4.78, 5) is 15.7.